The van der Waals surface area contributed by atoms with E-state index in [1.807, 2.05) is 0 Å². The van der Waals surface area contributed by atoms with Gasteiger partial charge >= 0.3 is 0 Å². The minimum Gasteiger partial charge on any atom is -0.395 e. The quantitative estimate of drug-likeness (QED) is 0.548. The fourth-order valence-electron chi connectivity index (χ4n) is 1.37. The van der Waals surface area contributed by atoms with Gasteiger partial charge in [-0.1, -0.05) is 0 Å². The van der Waals surface area contributed by atoms with Gasteiger partial charge in [-0.3, -0.25) is 0 Å². The van der Waals surface area contributed by atoms with E-state index in [4.69, 9.17) is 5.11 Å². The van der Waals surface area contributed by atoms with Crippen molar-refractivity contribution in [3.63, 3.8) is 0 Å². The SMILES string of the molecule is CN1CC[C@H](NCCO)C1. The highest BCUT2D eigenvalue weighted by Crippen LogP contribution is 2.04. The van der Waals surface area contributed by atoms with Crippen LogP contribution in [-0.2, 0) is 0 Å². The average molecular weight is 144 g/mol. The maximum Gasteiger partial charge on any atom is 0.0556 e. The van der Waals surface area contributed by atoms with Crippen molar-refractivity contribution in [3.05, 3.63) is 0 Å². The van der Waals surface area contributed by atoms with Crippen LogP contribution in [0.15, 0.2) is 0 Å². The third-order valence-corrected chi connectivity index (χ3v) is 1.94. The predicted octanol–water partition coefficient (Wildman–Crippen LogP) is -0.728. The summed E-state index contributed by atoms with van der Waals surface area (Å²) in [5, 5.41) is 11.8. The normalized spacial score (nSPS) is 27.6. The molecule has 3 heteroatoms. The zero-order valence-electron chi connectivity index (χ0n) is 6.51. The Kier molecular flexibility index (Phi) is 3.12. The lowest BCUT2D eigenvalue weighted by atomic mass is 10.3. The first-order valence-electron chi connectivity index (χ1n) is 3.85. The zero-order valence-corrected chi connectivity index (χ0v) is 6.51. The van der Waals surface area contributed by atoms with Crippen molar-refractivity contribution in [2.45, 2.75) is 12.5 Å². The van der Waals surface area contributed by atoms with Gasteiger partial charge in [0, 0.05) is 19.1 Å². The molecule has 0 unspecified atom stereocenters. The van der Waals surface area contributed by atoms with Crippen molar-refractivity contribution in [1.29, 1.82) is 0 Å². The summed E-state index contributed by atoms with van der Waals surface area (Å²) in [5.74, 6) is 0. The second-order valence-electron chi connectivity index (χ2n) is 2.93. The molecule has 1 saturated heterocycles. The number of hydrogen-bond donors (Lipinski definition) is 2. The van der Waals surface area contributed by atoms with Gasteiger partial charge in [0.25, 0.3) is 0 Å². The van der Waals surface area contributed by atoms with E-state index < -0.39 is 0 Å². The largest absolute Gasteiger partial charge is 0.395 e. The summed E-state index contributed by atoms with van der Waals surface area (Å²) < 4.78 is 0. The third-order valence-electron chi connectivity index (χ3n) is 1.94. The number of aliphatic hydroxyl groups is 1. The Morgan fingerprint density at radius 3 is 3.00 bits per heavy atom. The van der Waals surface area contributed by atoms with Crippen LogP contribution in [0.5, 0.6) is 0 Å². The smallest absolute Gasteiger partial charge is 0.0556 e. The lowest BCUT2D eigenvalue weighted by Gasteiger charge is -2.10. The summed E-state index contributed by atoms with van der Waals surface area (Å²) >= 11 is 0. The Morgan fingerprint density at radius 2 is 2.50 bits per heavy atom. The van der Waals surface area contributed by atoms with Crippen LogP contribution >= 0.6 is 0 Å². The van der Waals surface area contributed by atoms with Crippen molar-refractivity contribution >= 4 is 0 Å². The second kappa shape index (κ2) is 3.91. The van der Waals surface area contributed by atoms with Crippen LogP contribution < -0.4 is 5.32 Å². The highest BCUT2D eigenvalue weighted by Gasteiger charge is 2.17. The summed E-state index contributed by atoms with van der Waals surface area (Å²) in [5.41, 5.74) is 0. The lowest BCUT2D eigenvalue weighted by molar-refractivity contribution is 0.283. The maximum atomic E-state index is 8.52. The van der Waals surface area contributed by atoms with Gasteiger partial charge in [0.15, 0.2) is 0 Å². The molecule has 0 aromatic rings. The number of aliphatic hydroxyl groups excluding tert-OH is 1. The zero-order chi connectivity index (χ0) is 7.40. The molecule has 0 saturated carbocycles. The summed E-state index contributed by atoms with van der Waals surface area (Å²) in [6.07, 6.45) is 1.22. The molecule has 10 heavy (non-hydrogen) atoms. The summed E-state index contributed by atoms with van der Waals surface area (Å²) in [6, 6.07) is 0.608. The fourth-order valence-corrected chi connectivity index (χ4v) is 1.37. The van der Waals surface area contributed by atoms with Gasteiger partial charge in [0.1, 0.15) is 0 Å². The maximum absolute atomic E-state index is 8.52. The Morgan fingerprint density at radius 1 is 1.70 bits per heavy atom. The first kappa shape index (κ1) is 7.98. The number of nitrogens with zero attached hydrogens (tertiary/aromatic N) is 1. The van der Waals surface area contributed by atoms with E-state index in [2.05, 4.69) is 17.3 Å². The summed E-state index contributed by atoms with van der Waals surface area (Å²) in [6.45, 7) is 3.29. The minimum atomic E-state index is 0.250. The van der Waals surface area contributed by atoms with E-state index in [1.165, 1.54) is 13.0 Å². The van der Waals surface area contributed by atoms with E-state index in [0.29, 0.717) is 6.04 Å². The van der Waals surface area contributed by atoms with Crippen LogP contribution in [0.25, 0.3) is 0 Å². The molecule has 1 rings (SSSR count). The Hall–Kier alpha value is -0.120. The van der Waals surface area contributed by atoms with Crippen LogP contribution in [0.3, 0.4) is 0 Å². The van der Waals surface area contributed by atoms with E-state index >= 15 is 0 Å². The molecule has 1 heterocycles. The third kappa shape index (κ3) is 2.25. The van der Waals surface area contributed by atoms with E-state index in [9.17, 15) is 0 Å². The van der Waals surface area contributed by atoms with Gasteiger partial charge in [-0.25, -0.2) is 0 Å². The van der Waals surface area contributed by atoms with Gasteiger partial charge in [-0.2, -0.15) is 0 Å². The number of likely N-dealkylation sites (tertiary alicyclic amines) is 1. The molecule has 60 valence electrons. The Bertz CT molecular complexity index is 97.6. The molecule has 2 N–H and O–H groups in total. The molecule has 0 spiro atoms. The van der Waals surface area contributed by atoms with Gasteiger partial charge in [0.05, 0.1) is 6.61 Å². The first-order chi connectivity index (χ1) is 4.83. The monoisotopic (exact) mass is 144 g/mol. The standard InChI is InChI=1S/C7H16N2O/c1-9-4-2-7(6-9)8-3-5-10/h7-8,10H,2-6H2,1H3/t7-/m0/s1. The number of nitrogens with one attached hydrogen (secondary N) is 1. The summed E-state index contributed by atoms with van der Waals surface area (Å²) in [4.78, 5) is 2.30. The van der Waals surface area contributed by atoms with Gasteiger partial charge in [-0.05, 0) is 20.0 Å². The van der Waals surface area contributed by atoms with E-state index in [0.717, 1.165) is 13.1 Å². The van der Waals surface area contributed by atoms with Crippen molar-refractivity contribution in [3.8, 4) is 0 Å². The number of likely N-dealkylation sites (N-methyl/N-ethyl adjacent to an activating group) is 1. The highest BCUT2D eigenvalue weighted by molar-refractivity contribution is 4.78. The Labute approximate surface area is 62.0 Å². The van der Waals surface area contributed by atoms with Crippen LogP contribution in [0.1, 0.15) is 6.42 Å². The molecule has 3 nitrogen and oxygen atoms in total. The molecule has 1 atom stereocenters. The lowest BCUT2D eigenvalue weighted by Crippen LogP contribution is -2.33. The minimum absolute atomic E-state index is 0.250. The molecular weight excluding hydrogens is 128 g/mol. The molecule has 0 bridgehead atoms. The molecular formula is C7H16N2O. The topological polar surface area (TPSA) is 35.5 Å². The first-order valence-corrected chi connectivity index (χ1v) is 3.85. The van der Waals surface area contributed by atoms with E-state index in [-0.39, 0.29) is 6.61 Å². The molecule has 1 fully saturated rings. The van der Waals surface area contributed by atoms with Crippen molar-refractivity contribution in [2.24, 2.45) is 0 Å². The van der Waals surface area contributed by atoms with Crippen LogP contribution in [0.2, 0.25) is 0 Å². The fraction of sp³-hybridized carbons (Fsp3) is 1.00. The van der Waals surface area contributed by atoms with Gasteiger partial charge < -0.3 is 15.3 Å². The average Bonchev–Trinajstić information content (AvgIpc) is 2.31. The molecule has 1 aliphatic heterocycles. The van der Waals surface area contributed by atoms with E-state index in [1.54, 1.807) is 0 Å². The van der Waals surface area contributed by atoms with Gasteiger partial charge in [0.2, 0.25) is 0 Å². The molecule has 0 amide bonds. The van der Waals surface area contributed by atoms with Crippen molar-refractivity contribution in [1.82, 2.24) is 10.2 Å². The van der Waals surface area contributed by atoms with Crippen LogP contribution in [-0.4, -0.2) is 49.3 Å². The molecule has 0 aliphatic carbocycles. The predicted molar refractivity (Wildman–Crippen MR) is 41.0 cm³/mol. The number of hydrogen-bond acceptors (Lipinski definition) is 3. The number of rotatable bonds is 3. The molecule has 1 aliphatic rings. The van der Waals surface area contributed by atoms with Crippen molar-refractivity contribution < 1.29 is 5.11 Å². The Balaban J connectivity index is 2.06. The molecule has 0 aromatic heterocycles. The second-order valence-corrected chi connectivity index (χ2v) is 2.93. The van der Waals surface area contributed by atoms with Gasteiger partial charge in [-0.15, -0.1) is 0 Å². The van der Waals surface area contributed by atoms with Crippen LogP contribution in [0.4, 0.5) is 0 Å². The van der Waals surface area contributed by atoms with Crippen LogP contribution in [0, 0.1) is 0 Å². The molecule has 0 radical (unpaired) electrons. The highest BCUT2D eigenvalue weighted by atomic mass is 16.3. The van der Waals surface area contributed by atoms with Crippen molar-refractivity contribution in [2.75, 3.05) is 33.3 Å². The molecule has 0 aromatic carbocycles. The summed E-state index contributed by atoms with van der Waals surface area (Å²) in [7, 11) is 2.13.